The van der Waals surface area contributed by atoms with Gasteiger partial charge in [0.15, 0.2) is 0 Å². The van der Waals surface area contributed by atoms with E-state index >= 15 is 0 Å². The van der Waals surface area contributed by atoms with Crippen LogP contribution in [0.1, 0.15) is 35.5 Å². The molecular weight excluding hydrogens is 256 g/mol. The van der Waals surface area contributed by atoms with Crippen LogP contribution in [0.2, 0.25) is 0 Å². The zero-order valence-electron chi connectivity index (χ0n) is 11.6. The van der Waals surface area contributed by atoms with Crippen LogP contribution in [0.5, 0.6) is 5.75 Å². The lowest BCUT2D eigenvalue weighted by atomic mass is 10.0. The lowest BCUT2D eigenvalue weighted by Gasteiger charge is -2.19. The quantitative estimate of drug-likeness (QED) is 0.876. The second-order valence-corrected chi connectivity index (χ2v) is 5.35. The van der Waals surface area contributed by atoms with E-state index in [1.54, 1.807) is 18.4 Å². The molecule has 4 heteroatoms. The number of nitrogens with one attached hydrogen (secondary N) is 1. The minimum absolute atomic E-state index is 0.197. The minimum atomic E-state index is 0.197. The molecule has 0 aliphatic heterocycles. The Bertz CT molecular complexity index is 524. The highest BCUT2D eigenvalue weighted by Crippen LogP contribution is 2.29. The molecule has 102 valence electrons. The average Bonchev–Trinajstić information content (AvgIpc) is 2.86. The van der Waals surface area contributed by atoms with Crippen LogP contribution in [0.3, 0.4) is 0 Å². The molecule has 1 atom stereocenters. The number of ether oxygens (including phenoxy) is 1. The minimum Gasteiger partial charge on any atom is -0.497 e. The van der Waals surface area contributed by atoms with Crippen LogP contribution < -0.4 is 10.1 Å². The molecule has 0 radical (unpaired) electrons. The van der Waals surface area contributed by atoms with E-state index in [0.717, 1.165) is 24.4 Å². The zero-order valence-corrected chi connectivity index (χ0v) is 12.5. The molecule has 3 nitrogen and oxygen atoms in total. The van der Waals surface area contributed by atoms with Gasteiger partial charge < -0.3 is 10.1 Å². The van der Waals surface area contributed by atoms with Crippen molar-refractivity contribution in [3.63, 3.8) is 0 Å². The topological polar surface area (TPSA) is 34.1 Å². The third kappa shape index (κ3) is 3.33. The van der Waals surface area contributed by atoms with Gasteiger partial charge in [0.1, 0.15) is 5.75 Å². The van der Waals surface area contributed by atoms with Crippen molar-refractivity contribution in [2.45, 2.75) is 26.3 Å². The number of benzene rings is 1. The molecule has 1 aromatic heterocycles. The van der Waals surface area contributed by atoms with Gasteiger partial charge in [0, 0.05) is 4.88 Å². The summed E-state index contributed by atoms with van der Waals surface area (Å²) in [6.45, 7) is 5.22. The summed E-state index contributed by atoms with van der Waals surface area (Å²) in [6.07, 6.45) is 1.11. The standard InChI is InChI=1S/C15H20N2OS/c1-4-8-16-14(15-11(2)17-10-19-15)12-6-5-7-13(9-12)18-3/h5-7,9-10,14,16H,4,8H2,1-3H3. The Morgan fingerprint density at radius 2 is 2.26 bits per heavy atom. The summed E-state index contributed by atoms with van der Waals surface area (Å²) >= 11 is 1.70. The molecule has 0 aliphatic rings. The number of aryl methyl sites for hydroxylation is 1. The first kappa shape index (κ1) is 14.0. The van der Waals surface area contributed by atoms with E-state index in [2.05, 4.69) is 36.3 Å². The van der Waals surface area contributed by atoms with Crippen molar-refractivity contribution < 1.29 is 4.74 Å². The van der Waals surface area contributed by atoms with Crippen LogP contribution >= 0.6 is 11.3 Å². The van der Waals surface area contributed by atoms with Crippen molar-refractivity contribution in [2.75, 3.05) is 13.7 Å². The Morgan fingerprint density at radius 1 is 1.42 bits per heavy atom. The van der Waals surface area contributed by atoms with Crippen molar-refractivity contribution in [1.82, 2.24) is 10.3 Å². The summed E-state index contributed by atoms with van der Waals surface area (Å²) in [4.78, 5) is 5.64. The monoisotopic (exact) mass is 276 g/mol. The zero-order chi connectivity index (χ0) is 13.7. The SMILES string of the molecule is CCCNC(c1cccc(OC)c1)c1scnc1C. The van der Waals surface area contributed by atoms with E-state index in [0.29, 0.717) is 0 Å². The third-order valence-corrected chi connectivity index (χ3v) is 4.07. The number of rotatable bonds is 6. The second kappa shape index (κ2) is 6.68. The van der Waals surface area contributed by atoms with Gasteiger partial charge in [-0.3, -0.25) is 0 Å². The van der Waals surface area contributed by atoms with Gasteiger partial charge in [-0.2, -0.15) is 0 Å². The van der Waals surface area contributed by atoms with Crippen LogP contribution in [0.4, 0.5) is 0 Å². The van der Waals surface area contributed by atoms with Crippen molar-refractivity contribution in [2.24, 2.45) is 0 Å². The maximum Gasteiger partial charge on any atom is 0.119 e. The number of thiazole rings is 1. The number of hydrogen-bond donors (Lipinski definition) is 1. The number of methoxy groups -OCH3 is 1. The summed E-state index contributed by atoms with van der Waals surface area (Å²) in [5.74, 6) is 0.892. The first-order chi connectivity index (χ1) is 9.26. The molecule has 2 aromatic rings. The molecule has 0 saturated heterocycles. The summed E-state index contributed by atoms with van der Waals surface area (Å²) < 4.78 is 5.32. The Morgan fingerprint density at radius 3 is 2.89 bits per heavy atom. The summed E-state index contributed by atoms with van der Waals surface area (Å²) in [6, 6.07) is 8.43. The Balaban J connectivity index is 2.34. The molecule has 0 amide bonds. The molecule has 1 unspecified atom stereocenters. The predicted octanol–water partition coefficient (Wildman–Crippen LogP) is 3.55. The highest BCUT2D eigenvalue weighted by molar-refractivity contribution is 7.09. The molecule has 0 bridgehead atoms. The highest BCUT2D eigenvalue weighted by Gasteiger charge is 2.18. The van der Waals surface area contributed by atoms with Gasteiger partial charge >= 0.3 is 0 Å². The van der Waals surface area contributed by atoms with E-state index < -0.39 is 0 Å². The van der Waals surface area contributed by atoms with Crippen molar-refractivity contribution in [3.05, 3.63) is 45.9 Å². The van der Waals surface area contributed by atoms with E-state index in [9.17, 15) is 0 Å². The summed E-state index contributed by atoms with van der Waals surface area (Å²) in [7, 11) is 1.70. The fraction of sp³-hybridized carbons (Fsp3) is 0.400. The lowest BCUT2D eigenvalue weighted by molar-refractivity contribution is 0.413. The molecule has 0 saturated carbocycles. The van der Waals surface area contributed by atoms with Gasteiger partial charge in [-0.1, -0.05) is 19.1 Å². The number of hydrogen-bond acceptors (Lipinski definition) is 4. The maximum absolute atomic E-state index is 5.32. The van der Waals surface area contributed by atoms with E-state index in [-0.39, 0.29) is 6.04 Å². The van der Waals surface area contributed by atoms with Gasteiger partial charge in [0.25, 0.3) is 0 Å². The normalized spacial score (nSPS) is 12.4. The molecular formula is C15H20N2OS. The summed E-state index contributed by atoms with van der Waals surface area (Å²) in [5, 5.41) is 3.60. The lowest BCUT2D eigenvalue weighted by Crippen LogP contribution is -2.23. The second-order valence-electron chi connectivity index (χ2n) is 4.47. The van der Waals surface area contributed by atoms with Crippen LogP contribution in [0, 0.1) is 6.92 Å². The Hall–Kier alpha value is -1.39. The number of aromatic nitrogens is 1. The van der Waals surface area contributed by atoms with Crippen LogP contribution in [-0.4, -0.2) is 18.6 Å². The fourth-order valence-electron chi connectivity index (χ4n) is 2.06. The van der Waals surface area contributed by atoms with E-state index in [4.69, 9.17) is 4.74 Å². The molecule has 1 aromatic carbocycles. The Labute approximate surface area is 118 Å². The van der Waals surface area contributed by atoms with Crippen molar-refractivity contribution in [1.29, 1.82) is 0 Å². The molecule has 1 N–H and O–H groups in total. The first-order valence-electron chi connectivity index (χ1n) is 6.53. The van der Waals surface area contributed by atoms with Crippen molar-refractivity contribution in [3.8, 4) is 5.75 Å². The molecule has 1 heterocycles. The molecule has 0 fully saturated rings. The van der Waals surface area contributed by atoms with Gasteiger partial charge in [0.2, 0.25) is 0 Å². The Kier molecular flexibility index (Phi) is 4.93. The largest absolute Gasteiger partial charge is 0.497 e. The maximum atomic E-state index is 5.32. The van der Waals surface area contributed by atoms with Crippen LogP contribution in [0.15, 0.2) is 29.8 Å². The highest BCUT2D eigenvalue weighted by atomic mass is 32.1. The van der Waals surface area contributed by atoms with Gasteiger partial charge in [-0.05, 0) is 37.6 Å². The summed E-state index contributed by atoms with van der Waals surface area (Å²) in [5.41, 5.74) is 4.23. The van der Waals surface area contributed by atoms with Crippen molar-refractivity contribution >= 4 is 11.3 Å². The molecule has 0 spiro atoms. The third-order valence-electron chi connectivity index (χ3n) is 3.07. The fourth-order valence-corrected chi connectivity index (χ4v) is 2.96. The van der Waals surface area contributed by atoms with E-state index in [1.165, 1.54) is 10.4 Å². The van der Waals surface area contributed by atoms with Gasteiger partial charge in [-0.25, -0.2) is 4.98 Å². The number of nitrogens with zero attached hydrogens (tertiary/aromatic N) is 1. The smallest absolute Gasteiger partial charge is 0.119 e. The van der Waals surface area contributed by atoms with Crippen LogP contribution in [0.25, 0.3) is 0 Å². The van der Waals surface area contributed by atoms with Gasteiger partial charge in [-0.15, -0.1) is 11.3 Å². The molecule has 0 aliphatic carbocycles. The van der Waals surface area contributed by atoms with E-state index in [1.807, 2.05) is 17.6 Å². The molecule has 2 rings (SSSR count). The molecule has 19 heavy (non-hydrogen) atoms. The average molecular weight is 276 g/mol. The van der Waals surface area contributed by atoms with Crippen LogP contribution in [-0.2, 0) is 0 Å². The first-order valence-corrected chi connectivity index (χ1v) is 7.41. The van der Waals surface area contributed by atoms with Gasteiger partial charge in [0.05, 0.1) is 24.4 Å². The predicted molar refractivity (Wildman–Crippen MR) is 80.0 cm³/mol.